The van der Waals surface area contributed by atoms with Gasteiger partial charge in [0, 0.05) is 6.04 Å². The second kappa shape index (κ2) is 22.0. The maximum absolute atomic E-state index is 12.9. The first-order valence-electron chi connectivity index (χ1n) is 16.0. The third kappa shape index (κ3) is 18.1. The van der Waals surface area contributed by atoms with Crippen LogP contribution in [0.5, 0.6) is 0 Å². The number of nitrogens with one attached hydrogen (secondary N) is 1. The predicted molar refractivity (Wildman–Crippen MR) is 174 cm³/mol. The molecule has 0 heterocycles. The highest BCUT2D eigenvalue weighted by atomic mass is 32.2. The van der Waals surface area contributed by atoms with Crippen molar-refractivity contribution in [2.24, 2.45) is 0 Å². The number of hydrogen-bond donors (Lipinski definition) is 3. The molecule has 2 rings (SSSR count). The molecular weight excluding hydrogens is 585 g/mol. The number of ether oxygens (including phenoxy) is 1. The van der Waals surface area contributed by atoms with Crippen LogP contribution >= 0.6 is 7.60 Å². The quantitative estimate of drug-likeness (QED) is 0.0727. The molecule has 0 amide bonds. The van der Waals surface area contributed by atoms with Crippen LogP contribution in [0.2, 0.25) is 0 Å². The Morgan fingerprint density at radius 1 is 0.767 bits per heavy atom. The number of unbranched alkanes of at least 4 members (excludes halogenated alkanes) is 10. The Bertz CT molecular complexity index is 1120. The van der Waals surface area contributed by atoms with Crippen molar-refractivity contribution in [2.45, 2.75) is 115 Å². The van der Waals surface area contributed by atoms with Crippen LogP contribution in [-0.2, 0) is 36.9 Å². The van der Waals surface area contributed by atoms with Crippen molar-refractivity contribution in [3.63, 3.8) is 0 Å². The average molecular weight is 640 g/mol. The van der Waals surface area contributed by atoms with Gasteiger partial charge in [-0.15, -0.1) is 0 Å². The third-order valence-corrected chi connectivity index (χ3v) is 10.4. The van der Waals surface area contributed by atoms with Gasteiger partial charge in [-0.25, -0.2) is 13.1 Å². The van der Waals surface area contributed by atoms with Crippen molar-refractivity contribution < 1.29 is 32.2 Å². The first-order valence-corrected chi connectivity index (χ1v) is 19.3. The van der Waals surface area contributed by atoms with E-state index in [0.717, 1.165) is 56.9 Å². The van der Waals surface area contributed by atoms with Crippen LogP contribution in [0.15, 0.2) is 60.7 Å². The van der Waals surface area contributed by atoms with Gasteiger partial charge in [0.2, 0.25) is 10.0 Å². The van der Waals surface area contributed by atoms with Crippen LogP contribution in [0.4, 0.5) is 0 Å². The topological polar surface area (TPSA) is 122 Å². The van der Waals surface area contributed by atoms with Crippen molar-refractivity contribution in [3.8, 4) is 0 Å². The fourth-order valence-corrected chi connectivity index (χ4v) is 7.12. The first-order chi connectivity index (χ1) is 20.7. The molecule has 0 aliphatic carbocycles. The summed E-state index contributed by atoms with van der Waals surface area (Å²) in [6.07, 6.45) is 13.6. The van der Waals surface area contributed by atoms with Crippen LogP contribution in [0, 0.1) is 0 Å². The number of benzene rings is 2. The number of aliphatic hydroxyl groups is 1. The molecule has 0 radical (unpaired) electrons. The van der Waals surface area contributed by atoms with Gasteiger partial charge in [-0.05, 0) is 36.8 Å². The number of hydrogen-bond acceptors (Lipinski definition) is 6. The minimum Gasteiger partial charge on any atom is -0.378 e. The van der Waals surface area contributed by atoms with Crippen LogP contribution in [-0.4, -0.2) is 49.3 Å². The van der Waals surface area contributed by atoms with Crippen LogP contribution < -0.4 is 4.72 Å². The lowest BCUT2D eigenvalue weighted by Gasteiger charge is -2.23. The van der Waals surface area contributed by atoms with Gasteiger partial charge in [0.15, 0.2) is 5.85 Å². The SMILES string of the molecule is CCCCCCCCCCS(=O)(=O)NC(CCCCCCc1ccccc1)COP(=O)(O)C(O)COCc1ccccc1. The molecule has 0 fully saturated rings. The van der Waals surface area contributed by atoms with Crippen LogP contribution in [0.3, 0.4) is 0 Å². The minimum absolute atomic E-state index is 0.0161. The molecule has 0 saturated carbocycles. The van der Waals surface area contributed by atoms with Gasteiger partial charge >= 0.3 is 7.60 Å². The number of sulfonamides is 1. The molecule has 0 bridgehead atoms. The van der Waals surface area contributed by atoms with Gasteiger partial charge in [0.05, 0.1) is 25.6 Å². The van der Waals surface area contributed by atoms with Gasteiger partial charge in [0.1, 0.15) is 0 Å². The Morgan fingerprint density at radius 3 is 1.98 bits per heavy atom. The third-order valence-electron chi connectivity index (χ3n) is 7.44. The zero-order chi connectivity index (χ0) is 31.2. The van der Waals surface area contributed by atoms with Crippen molar-refractivity contribution in [2.75, 3.05) is 19.0 Å². The minimum atomic E-state index is -4.45. The molecule has 3 unspecified atom stereocenters. The Labute approximate surface area is 260 Å². The van der Waals surface area contributed by atoms with E-state index in [-0.39, 0.29) is 25.6 Å². The highest BCUT2D eigenvalue weighted by Crippen LogP contribution is 2.46. The lowest BCUT2D eigenvalue weighted by Crippen LogP contribution is -2.39. The smallest absolute Gasteiger partial charge is 0.358 e. The van der Waals surface area contributed by atoms with E-state index in [2.05, 4.69) is 23.8 Å². The van der Waals surface area contributed by atoms with Gasteiger partial charge in [-0.1, -0.05) is 132 Å². The number of aryl methyl sites for hydroxylation is 1. The lowest BCUT2D eigenvalue weighted by atomic mass is 10.0. The number of aliphatic hydroxyl groups excluding tert-OH is 1. The van der Waals surface area contributed by atoms with E-state index in [9.17, 15) is 23.0 Å². The highest BCUT2D eigenvalue weighted by Gasteiger charge is 2.32. The molecule has 8 nitrogen and oxygen atoms in total. The summed E-state index contributed by atoms with van der Waals surface area (Å²) in [4.78, 5) is 10.4. The van der Waals surface area contributed by atoms with E-state index in [1.807, 2.05) is 48.5 Å². The molecule has 0 spiro atoms. The molecular formula is C33H54NO7PS. The molecule has 43 heavy (non-hydrogen) atoms. The molecule has 0 saturated heterocycles. The molecule has 10 heteroatoms. The molecule has 0 aliphatic rings. The first kappa shape index (κ1) is 37.6. The second-order valence-electron chi connectivity index (χ2n) is 11.4. The van der Waals surface area contributed by atoms with Crippen molar-refractivity contribution in [3.05, 3.63) is 71.8 Å². The van der Waals surface area contributed by atoms with E-state index in [1.54, 1.807) is 0 Å². The van der Waals surface area contributed by atoms with Crippen LogP contribution in [0.1, 0.15) is 102 Å². The Balaban J connectivity index is 1.81. The van der Waals surface area contributed by atoms with Crippen LogP contribution in [0.25, 0.3) is 0 Å². The van der Waals surface area contributed by atoms with E-state index in [0.29, 0.717) is 12.8 Å². The summed E-state index contributed by atoms with van der Waals surface area (Å²) in [5, 5.41) is 10.3. The summed E-state index contributed by atoms with van der Waals surface area (Å²) in [5.74, 6) is -1.72. The molecule has 3 atom stereocenters. The second-order valence-corrected chi connectivity index (χ2v) is 15.2. The summed E-state index contributed by atoms with van der Waals surface area (Å²) in [5.41, 5.74) is 2.17. The average Bonchev–Trinajstić information content (AvgIpc) is 2.99. The van der Waals surface area contributed by atoms with E-state index < -0.39 is 29.5 Å². The lowest BCUT2D eigenvalue weighted by molar-refractivity contribution is 0.0471. The summed E-state index contributed by atoms with van der Waals surface area (Å²) >= 11 is 0. The fourth-order valence-electron chi connectivity index (χ4n) is 4.87. The zero-order valence-corrected chi connectivity index (χ0v) is 27.7. The van der Waals surface area contributed by atoms with Gasteiger partial charge < -0.3 is 19.3 Å². The van der Waals surface area contributed by atoms with E-state index in [4.69, 9.17) is 9.26 Å². The zero-order valence-electron chi connectivity index (χ0n) is 25.9. The molecule has 2 aromatic carbocycles. The molecule has 244 valence electrons. The Hall–Kier alpha value is -1.58. The van der Waals surface area contributed by atoms with Crippen molar-refractivity contribution in [1.29, 1.82) is 0 Å². The Morgan fingerprint density at radius 2 is 1.33 bits per heavy atom. The maximum Gasteiger partial charge on any atom is 0.358 e. The summed E-state index contributed by atoms with van der Waals surface area (Å²) < 4.78 is 51.9. The van der Waals surface area contributed by atoms with Crippen molar-refractivity contribution >= 4 is 17.6 Å². The summed E-state index contributed by atoms with van der Waals surface area (Å²) in [7, 11) is -8.04. The van der Waals surface area contributed by atoms with E-state index in [1.165, 1.54) is 31.2 Å². The molecule has 3 N–H and O–H groups in total. The molecule has 2 aromatic rings. The largest absolute Gasteiger partial charge is 0.378 e. The van der Waals surface area contributed by atoms with Crippen molar-refractivity contribution in [1.82, 2.24) is 4.72 Å². The number of rotatable bonds is 26. The molecule has 0 aliphatic heterocycles. The standard InChI is InChI=1S/C33H54NO7PS/c1-2-3-4-5-6-7-10-19-26-43(38,39)34-32(25-18-9-8-13-20-30-21-14-11-15-22-30)28-41-42(36,37)33(35)29-40-27-31-23-16-12-17-24-31/h11-12,14-17,21-24,32-35H,2-10,13,18-20,25-29H2,1H3,(H,36,37). The normalized spacial score (nSPS) is 14.8. The van der Waals surface area contributed by atoms with Gasteiger partial charge in [-0.2, -0.15) is 0 Å². The molecule has 0 aromatic heterocycles. The van der Waals surface area contributed by atoms with Gasteiger partial charge in [0.25, 0.3) is 0 Å². The fraction of sp³-hybridized carbons (Fsp3) is 0.636. The monoisotopic (exact) mass is 639 g/mol. The van der Waals surface area contributed by atoms with E-state index >= 15 is 0 Å². The Kier molecular flexibility index (Phi) is 19.2. The predicted octanol–water partition coefficient (Wildman–Crippen LogP) is 7.35. The summed E-state index contributed by atoms with van der Waals surface area (Å²) in [6, 6.07) is 18.9. The summed E-state index contributed by atoms with van der Waals surface area (Å²) in [6.45, 7) is 1.69. The highest BCUT2D eigenvalue weighted by molar-refractivity contribution is 7.89. The van der Waals surface area contributed by atoms with Gasteiger partial charge in [-0.3, -0.25) is 4.57 Å². The maximum atomic E-state index is 12.9.